The largest absolute Gasteiger partial charge is 0.488 e. The molecule has 3 atom stereocenters. The summed E-state index contributed by atoms with van der Waals surface area (Å²) in [6.45, 7) is 14.4. The molecule has 3 saturated heterocycles. The predicted molar refractivity (Wildman–Crippen MR) is 231 cm³/mol. The molecule has 63 heavy (non-hydrogen) atoms. The highest BCUT2D eigenvalue weighted by Crippen LogP contribution is 2.56. The first-order chi connectivity index (χ1) is 30.1. The third kappa shape index (κ3) is 6.63. The minimum absolute atomic E-state index is 0.0840. The standard InChI is InChI=1S/C47H49N9O7/c1-46(2)44(47(3,4)45(46)63-35-10-5-25(20-48)39-38(35)34(57)13-14-49-39)52-40(59)26-6-11-36(50-21-26)55-23-31-30(32(31)24-55)22-53-15-17-54(18-16-53)27-7-8-28-29(19-27)43(62)56(42(28)61)33-9-12-37(58)51-41(33)60/h5-8,10-11,13-14,19,21,30-33,44-45H,9,12,15-18,22-24H2,1-4H3,(H,49,57)(H,52,59)(H,51,58,60). The number of hydrogen-bond acceptors (Lipinski definition) is 12. The number of rotatable bonds is 9. The Bertz CT molecular complexity index is 2690. The van der Waals surface area contributed by atoms with E-state index < -0.39 is 40.5 Å². The zero-order chi connectivity index (χ0) is 44.1. The molecule has 16 nitrogen and oxygen atoms in total. The van der Waals surface area contributed by atoms with Crippen LogP contribution in [0.25, 0.3) is 10.9 Å². The fourth-order valence-electron chi connectivity index (χ4n) is 11.6. The highest BCUT2D eigenvalue weighted by Gasteiger charge is 2.64. The van der Waals surface area contributed by atoms with Crippen LogP contribution in [0.5, 0.6) is 5.75 Å². The molecule has 5 amide bonds. The molecule has 6 aliphatic rings. The molecule has 3 N–H and O–H groups in total. The lowest BCUT2D eigenvalue weighted by atomic mass is 9.49. The predicted octanol–water partition coefficient (Wildman–Crippen LogP) is 3.31. The molecule has 16 heteroatoms. The van der Waals surface area contributed by atoms with Crippen LogP contribution in [0, 0.1) is 39.9 Å². The number of carbonyl (C=O) groups is 5. The molecule has 2 aromatic heterocycles. The summed E-state index contributed by atoms with van der Waals surface area (Å²) in [6.07, 6.45) is 3.05. The van der Waals surface area contributed by atoms with E-state index in [0.717, 1.165) is 62.2 Å². The van der Waals surface area contributed by atoms with E-state index in [0.29, 0.717) is 51.1 Å². The third-order valence-electron chi connectivity index (χ3n) is 14.7. The van der Waals surface area contributed by atoms with Gasteiger partial charge in [0.1, 0.15) is 29.8 Å². The third-order valence-corrected chi connectivity index (χ3v) is 14.7. The van der Waals surface area contributed by atoms with Gasteiger partial charge in [-0.2, -0.15) is 5.26 Å². The first-order valence-electron chi connectivity index (χ1n) is 21.7. The number of piperazine rings is 1. The van der Waals surface area contributed by atoms with E-state index in [-0.39, 0.29) is 41.9 Å². The molecule has 10 rings (SSSR count). The summed E-state index contributed by atoms with van der Waals surface area (Å²) in [5, 5.41) is 15.4. The van der Waals surface area contributed by atoms with E-state index in [1.807, 2.05) is 45.9 Å². The van der Waals surface area contributed by atoms with Gasteiger partial charge >= 0.3 is 0 Å². The Kier molecular flexibility index (Phi) is 9.48. The number of ether oxygens (including phenoxy) is 1. The van der Waals surface area contributed by atoms with Crippen molar-refractivity contribution < 1.29 is 28.7 Å². The molecule has 6 heterocycles. The second-order valence-electron chi connectivity index (χ2n) is 19.1. The van der Waals surface area contributed by atoms with E-state index in [4.69, 9.17) is 9.72 Å². The van der Waals surface area contributed by atoms with Crippen LogP contribution in [-0.4, -0.2) is 113 Å². The Labute approximate surface area is 363 Å². The van der Waals surface area contributed by atoms with E-state index >= 15 is 0 Å². The van der Waals surface area contributed by atoms with Crippen molar-refractivity contribution in [3.63, 3.8) is 0 Å². The van der Waals surface area contributed by atoms with Gasteiger partial charge in [0.15, 0.2) is 5.43 Å². The number of hydrogen-bond donors (Lipinski definition) is 3. The number of amides is 5. The maximum atomic E-state index is 13.6. The van der Waals surface area contributed by atoms with E-state index in [1.54, 1.807) is 30.5 Å². The van der Waals surface area contributed by atoms with Crippen molar-refractivity contribution in [2.75, 3.05) is 55.6 Å². The lowest BCUT2D eigenvalue weighted by molar-refractivity contribution is -0.163. The Morgan fingerprint density at radius 2 is 1.63 bits per heavy atom. The van der Waals surface area contributed by atoms with Crippen LogP contribution in [0.3, 0.4) is 0 Å². The summed E-state index contributed by atoms with van der Waals surface area (Å²) in [7, 11) is 0. The normalized spacial score (nSPS) is 27.1. The SMILES string of the molecule is CC1(C)C(NC(=O)c2ccc(N3CC4C(CN5CCN(c6ccc7c(c6)C(=O)N(C6CCC(=O)NC6=O)C7=O)CC5)C4C3)nc2)C(C)(C)C1Oc1ccc(C#N)c2[nH]ccc(=O)c12. The van der Waals surface area contributed by atoms with Gasteiger partial charge in [0.2, 0.25) is 11.8 Å². The van der Waals surface area contributed by atoms with Gasteiger partial charge in [-0.25, -0.2) is 4.98 Å². The second kappa shape index (κ2) is 14.8. The molecule has 2 aromatic carbocycles. The number of aromatic nitrogens is 2. The van der Waals surface area contributed by atoms with Crippen molar-refractivity contribution in [3.05, 3.63) is 93.4 Å². The average Bonchev–Trinajstić information content (AvgIpc) is 3.56. The van der Waals surface area contributed by atoms with Gasteiger partial charge in [0.25, 0.3) is 17.7 Å². The van der Waals surface area contributed by atoms with Crippen LogP contribution in [0.2, 0.25) is 0 Å². The number of nitrogens with zero attached hydrogens (tertiary/aromatic N) is 6. The van der Waals surface area contributed by atoms with Crippen LogP contribution in [0.1, 0.15) is 77.2 Å². The molecule has 3 unspecified atom stereocenters. The number of nitrogens with one attached hydrogen (secondary N) is 3. The lowest BCUT2D eigenvalue weighted by Gasteiger charge is -2.63. The number of aromatic amines is 1. The van der Waals surface area contributed by atoms with Crippen molar-refractivity contribution in [2.24, 2.45) is 28.6 Å². The number of imide groups is 2. The summed E-state index contributed by atoms with van der Waals surface area (Å²) in [5.41, 5.74) is 1.55. The number of nitriles is 1. The maximum absolute atomic E-state index is 13.6. The molecular formula is C47H49N9O7. The minimum atomic E-state index is -0.983. The fraction of sp³-hybridized carbons (Fsp3) is 0.447. The molecule has 5 fully saturated rings. The number of pyridine rings is 2. The zero-order valence-corrected chi connectivity index (χ0v) is 35.6. The molecule has 2 saturated carbocycles. The zero-order valence-electron chi connectivity index (χ0n) is 35.6. The minimum Gasteiger partial charge on any atom is -0.488 e. The lowest BCUT2D eigenvalue weighted by Crippen LogP contribution is -2.74. The number of fused-ring (bicyclic) bond motifs is 3. The molecule has 324 valence electrons. The monoisotopic (exact) mass is 851 g/mol. The number of carbonyl (C=O) groups excluding carboxylic acids is 5. The summed E-state index contributed by atoms with van der Waals surface area (Å²) in [5.74, 6) is 0.873. The topological polar surface area (TPSA) is 201 Å². The van der Waals surface area contributed by atoms with Gasteiger partial charge in [-0.1, -0.05) is 27.7 Å². The smallest absolute Gasteiger partial charge is 0.262 e. The van der Waals surface area contributed by atoms with Crippen molar-refractivity contribution >= 4 is 51.9 Å². The van der Waals surface area contributed by atoms with Gasteiger partial charge in [-0.3, -0.25) is 43.9 Å². The number of benzene rings is 2. The molecule has 4 aromatic rings. The van der Waals surface area contributed by atoms with Gasteiger partial charge < -0.3 is 24.8 Å². The van der Waals surface area contributed by atoms with Crippen LogP contribution in [0.4, 0.5) is 11.5 Å². The quantitative estimate of drug-likeness (QED) is 0.208. The van der Waals surface area contributed by atoms with Crippen molar-refractivity contribution in [1.29, 1.82) is 5.26 Å². The van der Waals surface area contributed by atoms with Crippen molar-refractivity contribution in [1.82, 2.24) is 30.4 Å². The highest BCUT2D eigenvalue weighted by atomic mass is 16.5. The molecule has 0 radical (unpaired) electrons. The Hall–Kier alpha value is -6.60. The maximum Gasteiger partial charge on any atom is 0.262 e. The van der Waals surface area contributed by atoms with E-state index in [1.165, 1.54) is 12.3 Å². The van der Waals surface area contributed by atoms with E-state index in [9.17, 15) is 34.0 Å². The van der Waals surface area contributed by atoms with Gasteiger partial charge in [0.05, 0.1) is 33.2 Å². The molecule has 2 aliphatic carbocycles. The second-order valence-corrected chi connectivity index (χ2v) is 19.1. The number of anilines is 2. The van der Waals surface area contributed by atoms with Crippen LogP contribution < -0.4 is 30.6 Å². The fourth-order valence-corrected chi connectivity index (χ4v) is 11.6. The summed E-state index contributed by atoms with van der Waals surface area (Å²) < 4.78 is 6.55. The molecular weight excluding hydrogens is 803 g/mol. The Balaban J connectivity index is 0.699. The van der Waals surface area contributed by atoms with Gasteiger partial charge in [-0.15, -0.1) is 0 Å². The first-order valence-corrected chi connectivity index (χ1v) is 21.7. The Morgan fingerprint density at radius 3 is 2.32 bits per heavy atom. The van der Waals surface area contributed by atoms with Crippen LogP contribution in [-0.2, 0) is 9.59 Å². The van der Waals surface area contributed by atoms with Crippen LogP contribution >= 0.6 is 0 Å². The summed E-state index contributed by atoms with van der Waals surface area (Å²) in [4.78, 5) is 92.9. The highest BCUT2D eigenvalue weighted by molar-refractivity contribution is 6.23. The molecule has 4 aliphatic heterocycles. The van der Waals surface area contributed by atoms with Crippen molar-refractivity contribution in [2.45, 2.75) is 58.7 Å². The van der Waals surface area contributed by atoms with Gasteiger partial charge in [0, 0.05) is 93.3 Å². The summed E-state index contributed by atoms with van der Waals surface area (Å²) >= 11 is 0. The summed E-state index contributed by atoms with van der Waals surface area (Å²) in [6, 6.07) is 14.7. The molecule has 0 spiro atoms. The number of piperidine rings is 2. The molecule has 0 bridgehead atoms. The number of H-pyrrole nitrogens is 1. The van der Waals surface area contributed by atoms with Gasteiger partial charge in [-0.05, 0) is 66.6 Å². The average molecular weight is 852 g/mol. The van der Waals surface area contributed by atoms with E-state index in [2.05, 4.69) is 36.4 Å². The van der Waals surface area contributed by atoms with Crippen molar-refractivity contribution in [3.8, 4) is 11.8 Å². The van der Waals surface area contributed by atoms with Crippen LogP contribution in [0.15, 0.2) is 65.7 Å². The first kappa shape index (κ1) is 40.5. The Morgan fingerprint density at radius 1 is 0.905 bits per heavy atom.